The average Bonchev–Trinajstić information content (AvgIpc) is 3.63. The Kier molecular flexibility index (Phi) is 17.6. The number of aromatic nitrogens is 4. The lowest BCUT2D eigenvalue weighted by atomic mass is 9.93. The zero-order chi connectivity index (χ0) is 44.1. The first-order valence-electron chi connectivity index (χ1n) is 18.4. The predicted octanol–water partition coefficient (Wildman–Crippen LogP) is 10.4. The zero-order valence-corrected chi connectivity index (χ0v) is 34.6. The molecule has 2 radical (unpaired) electrons. The topological polar surface area (TPSA) is 93.2 Å². The summed E-state index contributed by atoms with van der Waals surface area (Å²) in [7, 11) is 4.50. The number of hydrogen-bond donors (Lipinski definition) is 3. The summed E-state index contributed by atoms with van der Waals surface area (Å²) in [6.45, 7) is 9.07. The number of aliphatic hydroxyl groups excluding tert-OH is 1. The molecule has 0 aliphatic rings. The minimum absolute atomic E-state index is 0.00667. The minimum Gasteiger partial charge on any atom is -0.480 e. The van der Waals surface area contributed by atoms with Gasteiger partial charge in [0.1, 0.15) is 6.54 Å². The molecule has 0 amide bonds. The monoisotopic (exact) mass is 836 g/mol. The van der Waals surface area contributed by atoms with Crippen molar-refractivity contribution in [3.63, 3.8) is 0 Å². The average molecular weight is 837 g/mol. The quantitative estimate of drug-likeness (QED) is 0.0726. The van der Waals surface area contributed by atoms with Crippen LogP contribution >= 0.6 is 12.6 Å². The van der Waals surface area contributed by atoms with Gasteiger partial charge < -0.3 is 10.2 Å². The van der Waals surface area contributed by atoms with Gasteiger partial charge in [-0.15, -0.1) is 0 Å². The van der Waals surface area contributed by atoms with Gasteiger partial charge in [-0.25, -0.2) is 0 Å². The minimum atomic E-state index is -4.39. The summed E-state index contributed by atoms with van der Waals surface area (Å²) >= 11 is 3.53. The molecule has 312 valence electrons. The van der Waals surface area contributed by atoms with Crippen LogP contribution in [0.3, 0.4) is 0 Å². The van der Waals surface area contributed by atoms with E-state index in [1.54, 1.807) is 36.9 Å². The molecule has 2 N–H and O–H groups in total. The van der Waals surface area contributed by atoms with E-state index in [2.05, 4.69) is 30.7 Å². The normalized spacial score (nSPS) is 11.1. The van der Waals surface area contributed by atoms with Gasteiger partial charge in [0.25, 0.3) is 0 Å². The second-order valence-corrected chi connectivity index (χ2v) is 13.2. The van der Waals surface area contributed by atoms with Gasteiger partial charge in [0.2, 0.25) is 0 Å². The Morgan fingerprint density at radius 2 is 1.03 bits per heavy atom. The molecule has 0 atom stereocenters. The van der Waals surface area contributed by atoms with Crippen molar-refractivity contribution in [1.29, 1.82) is 0 Å². The molecule has 4 aromatic carbocycles. The van der Waals surface area contributed by atoms with E-state index in [4.69, 9.17) is 5.11 Å². The first kappa shape index (κ1) is 48.1. The van der Waals surface area contributed by atoms with Gasteiger partial charge in [0, 0.05) is 22.5 Å². The number of benzene rings is 4. The number of aliphatic carboxylic acids is 1. The number of rotatable bonds is 10. The van der Waals surface area contributed by atoms with E-state index in [0.29, 0.717) is 41.9 Å². The molecule has 0 bridgehead atoms. The van der Waals surface area contributed by atoms with E-state index in [1.165, 1.54) is 29.7 Å². The number of nitrogens with zero attached hydrogens (tertiary/aromatic N) is 4. The smallest absolute Gasteiger partial charge is 0.416 e. The first-order valence-corrected chi connectivity index (χ1v) is 19.3. The number of thiol groups is 1. The summed E-state index contributed by atoms with van der Waals surface area (Å²) in [5.41, 5.74) is 8.34. The molecule has 2 heterocycles. The fraction of sp³-hybridized carbons (Fsp3) is 0.295. The summed E-state index contributed by atoms with van der Waals surface area (Å²) in [5, 5.41) is 27.0. The maximum Gasteiger partial charge on any atom is 0.416 e. The fourth-order valence-electron chi connectivity index (χ4n) is 6.76. The van der Waals surface area contributed by atoms with Crippen LogP contribution in [0.25, 0.3) is 22.3 Å². The Morgan fingerprint density at radius 1 is 0.644 bits per heavy atom. The molecular formula is C44H47BF6N4O3S. The number of aryl methyl sites for hydroxylation is 2. The number of alkyl halides is 6. The predicted molar refractivity (Wildman–Crippen MR) is 224 cm³/mol. The van der Waals surface area contributed by atoms with Crippen molar-refractivity contribution >= 4 is 26.4 Å². The molecule has 6 aromatic rings. The Hall–Kier alpha value is -5.28. The van der Waals surface area contributed by atoms with Gasteiger partial charge in [-0.1, -0.05) is 91.8 Å². The molecule has 0 aliphatic carbocycles. The molecule has 0 saturated carbocycles. The summed E-state index contributed by atoms with van der Waals surface area (Å²) in [6.07, 6.45) is -6.33. The number of carboxylic acids is 1. The highest BCUT2D eigenvalue weighted by Gasteiger charge is 2.31. The van der Waals surface area contributed by atoms with Gasteiger partial charge >= 0.3 is 18.3 Å². The first-order chi connectivity index (χ1) is 28.0. The van der Waals surface area contributed by atoms with E-state index in [1.807, 2.05) is 62.4 Å². The third-order valence-corrected chi connectivity index (χ3v) is 9.23. The largest absolute Gasteiger partial charge is 0.480 e. The summed E-state index contributed by atoms with van der Waals surface area (Å²) < 4.78 is 81.2. The molecule has 0 saturated heterocycles. The summed E-state index contributed by atoms with van der Waals surface area (Å²) in [4.78, 5) is 11.0. The Morgan fingerprint density at radius 3 is 1.42 bits per heavy atom. The van der Waals surface area contributed by atoms with Gasteiger partial charge in [-0.3, -0.25) is 14.2 Å². The molecule has 0 aliphatic heterocycles. The third-order valence-electron chi connectivity index (χ3n) is 9.23. The van der Waals surface area contributed by atoms with Crippen LogP contribution in [0, 0.1) is 27.7 Å². The number of halogens is 6. The van der Waals surface area contributed by atoms with Crippen molar-refractivity contribution in [2.75, 3.05) is 12.9 Å². The lowest BCUT2D eigenvalue weighted by Crippen LogP contribution is -2.11. The standard InChI is InChI=1S/C21H19F3N2O2.C21H21F3N2O.CH3B.CH4S/c1-13-20(14(2)26(25-13)12-19(27)28)18-9-4-3-7-16(18)10-15-6-5-8-17(11-15)21(22,23)24;1-14-20(15(2)26(25-14)10-11-27)19-9-4-3-7-17(19)12-16-6-5-8-18(13-16)21(22,23)24;2*1-2/h3-9,11H,10,12H2,1-2H3,(H,27,28);3-9,13,27H,10-12H2,1-2H3;1H3;2H,1H3. The highest BCUT2D eigenvalue weighted by molar-refractivity contribution is 7.79. The lowest BCUT2D eigenvalue weighted by molar-refractivity contribution is -0.138. The molecule has 0 unspecified atom stereocenters. The fourth-order valence-corrected chi connectivity index (χ4v) is 6.76. The van der Waals surface area contributed by atoms with Gasteiger partial charge in [-0.2, -0.15) is 49.2 Å². The van der Waals surface area contributed by atoms with Crippen LogP contribution in [0.15, 0.2) is 97.1 Å². The van der Waals surface area contributed by atoms with Crippen molar-refractivity contribution in [2.45, 2.75) is 72.8 Å². The number of hydrogen-bond acceptors (Lipinski definition) is 5. The Labute approximate surface area is 347 Å². The van der Waals surface area contributed by atoms with Crippen molar-refractivity contribution in [3.05, 3.63) is 153 Å². The number of aliphatic hydroxyl groups is 1. The van der Waals surface area contributed by atoms with Crippen molar-refractivity contribution in [2.24, 2.45) is 0 Å². The van der Waals surface area contributed by atoms with Crippen LogP contribution in [0.5, 0.6) is 0 Å². The number of carboxylic acid groups (broad SMARTS) is 1. The molecule has 0 fully saturated rings. The molecule has 59 heavy (non-hydrogen) atoms. The van der Waals surface area contributed by atoms with Crippen LogP contribution in [0.4, 0.5) is 26.3 Å². The molecule has 2 aromatic heterocycles. The van der Waals surface area contributed by atoms with Gasteiger partial charge in [0.15, 0.2) is 0 Å². The van der Waals surface area contributed by atoms with E-state index < -0.39 is 29.4 Å². The van der Waals surface area contributed by atoms with Crippen LogP contribution < -0.4 is 0 Å². The summed E-state index contributed by atoms with van der Waals surface area (Å²) in [6, 6.07) is 25.8. The highest BCUT2D eigenvalue weighted by Crippen LogP contribution is 2.35. The van der Waals surface area contributed by atoms with Gasteiger partial charge in [0.05, 0.1) is 43.5 Å². The van der Waals surface area contributed by atoms with Crippen molar-refractivity contribution in [1.82, 2.24) is 19.6 Å². The third kappa shape index (κ3) is 12.6. The second-order valence-electron chi connectivity index (χ2n) is 13.2. The van der Waals surface area contributed by atoms with E-state index in [9.17, 15) is 36.2 Å². The molecule has 6 rings (SSSR count). The van der Waals surface area contributed by atoms with Crippen LogP contribution in [0.1, 0.15) is 56.2 Å². The maximum atomic E-state index is 13.0. The maximum absolute atomic E-state index is 13.0. The summed E-state index contributed by atoms with van der Waals surface area (Å²) in [5.74, 6) is -0.991. The number of carbonyl (C=O) groups is 1. The van der Waals surface area contributed by atoms with E-state index >= 15 is 0 Å². The molecular weight excluding hydrogens is 789 g/mol. The van der Waals surface area contributed by atoms with Crippen molar-refractivity contribution < 1.29 is 41.4 Å². The van der Waals surface area contributed by atoms with Gasteiger partial charge in [-0.05, 0) is 92.3 Å². The molecule has 0 spiro atoms. The SMILES string of the molecule is CS.Cc1nn(CC(=O)O)c(C)c1-c1ccccc1Cc1cccc(C(F)(F)F)c1.Cc1nn(CCO)c(C)c1-c1ccccc1Cc1cccc(C(F)(F)F)c1.[B]C. The van der Waals surface area contributed by atoms with Crippen molar-refractivity contribution in [3.8, 4) is 22.3 Å². The lowest BCUT2D eigenvalue weighted by Gasteiger charge is -2.12. The second kappa shape index (κ2) is 21.6. The Bertz CT molecular complexity index is 2300. The highest BCUT2D eigenvalue weighted by atomic mass is 32.1. The molecule has 7 nitrogen and oxygen atoms in total. The van der Waals surface area contributed by atoms with Crippen LogP contribution in [-0.2, 0) is 43.1 Å². The van der Waals surface area contributed by atoms with E-state index in [0.717, 1.165) is 63.0 Å². The van der Waals surface area contributed by atoms with E-state index in [-0.39, 0.29) is 13.2 Å². The Balaban J connectivity index is 0.000000291. The molecule has 15 heteroatoms. The zero-order valence-electron chi connectivity index (χ0n) is 33.7. The van der Waals surface area contributed by atoms with Crippen LogP contribution in [0.2, 0.25) is 6.82 Å². The van der Waals surface area contributed by atoms with Crippen LogP contribution in [-0.4, -0.2) is 56.5 Å².